The Labute approximate surface area is 218 Å². The lowest BCUT2D eigenvalue weighted by molar-refractivity contribution is 0.150. The van der Waals surface area contributed by atoms with Crippen LogP contribution in [0.2, 0.25) is 0 Å². The predicted molar refractivity (Wildman–Crippen MR) is 147 cm³/mol. The number of rotatable bonds is 9. The monoisotopic (exact) mass is 498 g/mol. The molecular weight excluding hydrogens is 460 g/mol. The van der Waals surface area contributed by atoms with Crippen LogP contribution >= 0.6 is 0 Å². The Morgan fingerprint density at radius 2 is 1.76 bits per heavy atom. The Kier molecular flexibility index (Phi) is 7.79. The first-order chi connectivity index (χ1) is 18.0. The van der Waals surface area contributed by atoms with Crippen LogP contribution < -0.4 is 5.56 Å². The van der Waals surface area contributed by atoms with Crippen molar-refractivity contribution >= 4 is 10.9 Å². The lowest BCUT2D eigenvalue weighted by Gasteiger charge is -2.32. The fourth-order valence-electron chi connectivity index (χ4n) is 5.67. The zero-order chi connectivity index (χ0) is 25.8. The van der Waals surface area contributed by atoms with Crippen LogP contribution in [-0.4, -0.2) is 30.1 Å². The normalized spacial score (nSPS) is 15.5. The number of tetrazole rings is 1. The van der Waals surface area contributed by atoms with E-state index in [1.165, 1.54) is 36.0 Å². The second-order valence-corrected chi connectivity index (χ2v) is 10.7. The minimum Gasteiger partial charge on any atom is -0.322 e. The van der Waals surface area contributed by atoms with Gasteiger partial charge in [0.15, 0.2) is 5.82 Å². The number of nitrogens with zero attached hydrogens (tertiary/aromatic N) is 5. The Bertz CT molecular complexity index is 1380. The minimum atomic E-state index is -0.0348. The number of fused-ring (bicyclic) bond motifs is 1. The number of hydrogen-bond donors (Lipinski definition) is 1. The highest BCUT2D eigenvalue weighted by Gasteiger charge is 2.29. The number of hydrogen-bond acceptors (Lipinski definition) is 5. The van der Waals surface area contributed by atoms with E-state index in [1.54, 1.807) is 0 Å². The summed E-state index contributed by atoms with van der Waals surface area (Å²) in [5, 5.41) is 14.3. The fourth-order valence-corrected chi connectivity index (χ4v) is 5.67. The molecule has 0 aliphatic heterocycles. The number of pyridine rings is 1. The van der Waals surface area contributed by atoms with Gasteiger partial charge in [0, 0.05) is 24.2 Å². The maximum Gasteiger partial charge on any atom is 0.252 e. The van der Waals surface area contributed by atoms with E-state index in [1.807, 2.05) is 12.1 Å². The molecule has 2 aromatic heterocycles. The van der Waals surface area contributed by atoms with Gasteiger partial charge in [0.05, 0.1) is 12.1 Å². The van der Waals surface area contributed by atoms with E-state index in [-0.39, 0.29) is 11.6 Å². The maximum atomic E-state index is 13.2. The summed E-state index contributed by atoms with van der Waals surface area (Å²) in [7, 11) is 0. The van der Waals surface area contributed by atoms with Crippen molar-refractivity contribution in [3.63, 3.8) is 0 Å². The molecule has 2 aromatic carbocycles. The molecule has 1 aliphatic carbocycles. The first kappa shape index (κ1) is 25.3. The van der Waals surface area contributed by atoms with E-state index in [4.69, 9.17) is 0 Å². The second-order valence-electron chi connectivity index (χ2n) is 10.7. The van der Waals surface area contributed by atoms with E-state index in [9.17, 15) is 4.79 Å². The maximum absolute atomic E-state index is 13.2. The van der Waals surface area contributed by atoms with Crippen molar-refractivity contribution in [2.75, 3.05) is 0 Å². The Balaban J connectivity index is 1.54. The Morgan fingerprint density at radius 1 is 1.00 bits per heavy atom. The highest BCUT2D eigenvalue weighted by molar-refractivity contribution is 5.79. The van der Waals surface area contributed by atoms with E-state index in [2.05, 4.69) is 87.3 Å². The molecular formula is C30H38N6O. The van der Waals surface area contributed by atoms with E-state index in [0.717, 1.165) is 48.0 Å². The third-order valence-corrected chi connectivity index (χ3v) is 7.70. The van der Waals surface area contributed by atoms with Crippen molar-refractivity contribution in [2.24, 2.45) is 0 Å². The number of H-pyrrole nitrogens is 1. The molecule has 1 aliphatic rings. The molecule has 7 heteroatoms. The molecule has 37 heavy (non-hydrogen) atoms. The van der Waals surface area contributed by atoms with Gasteiger partial charge in [0.2, 0.25) is 0 Å². The van der Waals surface area contributed by atoms with Crippen LogP contribution in [0.25, 0.3) is 10.9 Å². The fraction of sp³-hybridized carbons (Fsp3) is 0.467. The van der Waals surface area contributed by atoms with Crippen molar-refractivity contribution in [3.8, 4) is 0 Å². The van der Waals surface area contributed by atoms with E-state index in [0.29, 0.717) is 19.1 Å². The summed E-state index contributed by atoms with van der Waals surface area (Å²) in [6.45, 7) is 7.63. The van der Waals surface area contributed by atoms with Gasteiger partial charge < -0.3 is 4.98 Å². The van der Waals surface area contributed by atoms with Crippen LogP contribution in [0.3, 0.4) is 0 Å². The molecule has 2 heterocycles. The molecule has 7 nitrogen and oxygen atoms in total. The highest BCUT2D eigenvalue weighted by Crippen LogP contribution is 2.33. The number of aromatic nitrogens is 5. The van der Waals surface area contributed by atoms with Gasteiger partial charge in [0.1, 0.15) is 0 Å². The van der Waals surface area contributed by atoms with Crippen molar-refractivity contribution in [1.29, 1.82) is 0 Å². The molecule has 1 saturated carbocycles. The molecule has 1 N–H and O–H groups in total. The molecule has 0 unspecified atom stereocenters. The lowest BCUT2D eigenvalue weighted by atomic mass is 9.95. The lowest BCUT2D eigenvalue weighted by Crippen LogP contribution is -2.33. The molecule has 0 amide bonds. The quantitative estimate of drug-likeness (QED) is 0.298. The van der Waals surface area contributed by atoms with Gasteiger partial charge in [-0.15, -0.1) is 5.10 Å². The summed E-state index contributed by atoms with van der Waals surface area (Å²) in [4.78, 5) is 18.7. The molecule has 1 atom stereocenters. The van der Waals surface area contributed by atoms with Crippen molar-refractivity contribution in [2.45, 2.75) is 90.9 Å². The molecule has 0 saturated heterocycles. The zero-order valence-corrected chi connectivity index (χ0v) is 22.3. The largest absolute Gasteiger partial charge is 0.322 e. The summed E-state index contributed by atoms with van der Waals surface area (Å²) in [6.07, 6.45) is 7.90. The third-order valence-electron chi connectivity index (χ3n) is 7.70. The smallest absolute Gasteiger partial charge is 0.252 e. The standard InChI is InChI=1S/C30H38N6O/c1-4-8-28(29-32-33-34-36(29)26-9-6-5-7-10-26)35(19-23-14-11-21(2)12-15-23)20-25-18-24-17-22(3)13-16-27(24)31-30(25)37/h11-18,26,28H,4-10,19-20H2,1-3H3,(H,31,37)/t28-/m1/s1. The van der Waals surface area contributed by atoms with Crippen LogP contribution in [0.4, 0.5) is 0 Å². The van der Waals surface area contributed by atoms with Gasteiger partial charge in [-0.2, -0.15) is 0 Å². The summed E-state index contributed by atoms with van der Waals surface area (Å²) in [5.41, 5.74) is 5.24. The van der Waals surface area contributed by atoms with Gasteiger partial charge in [-0.05, 0) is 72.7 Å². The first-order valence-corrected chi connectivity index (χ1v) is 13.7. The number of nitrogens with one attached hydrogen (secondary N) is 1. The van der Waals surface area contributed by atoms with Gasteiger partial charge >= 0.3 is 0 Å². The number of benzene rings is 2. The van der Waals surface area contributed by atoms with Crippen LogP contribution in [0.15, 0.2) is 53.3 Å². The van der Waals surface area contributed by atoms with Gasteiger partial charge in [-0.25, -0.2) is 4.68 Å². The van der Waals surface area contributed by atoms with Gasteiger partial charge in [-0.1, -0.05) is 74.1 Å². The van der Waals surface area contributed by atoms with Gasteiger partial charge in [0.25, 0.3) is 5.56 Å². The number of aryl methyl sites for hydroxylation is 2. The van der Waals surface area contributed by atoms with Gasteiger partial charge in [-0.3, -0.25) is 9.69 Å². The molecule has 5 rings (SSSR count). The topological polar surface area (TPSA) is 79.7 Å². The average molecular weight is 499 g/mol. The van der Waals surface area contributed by atoms with Crippen molar-refractivity contribution < 1.29 is 0 Å². The molecule has 0 bridgehead atoms. The summed E-state index contributed by atoms with van der Waals surface area (Å²) >= 11 is 0. The van der Waals surface area contributed by atoms with Crippen LogP contribution in [0, 0.1) is 13.8 Å². The van der Waals surface area contributed by atoms with E-state index < -0.39 is 0 Å². The SMILES string of the molecule is CCC[C@H](c1nnnn1C1CCCCC1)N(Cc1ccc(C)cc1)Cc1cc2cc(C)ccc2[nH]c1=O. The molecule has 194 valence electrons. The second kappa shape index (κ2) is 11.4. The highest BCUT2D eigenvalue weighted by atomic mass is 16.1. The molecule has 1 fully saturated rings. The third kappa shape index (κ3) is 5.82. The summed E-state index contributed by atoms with van der Waals surface area (Å²) in [5.74, 6) is 0.925. The van der Waals surface area contributed by atoms with Crippen molar-refractivity contribution in [1.82, 2.24) is 30.1 Å². The molecule has 4 aromatic rings. The van der Waals surface area contributed by atoms with Crippen LogP contribution in [0.5, 0.6) is 0 Å². The van der Waals surface area contributed by atoms with Crippen LogP contribution in [-0.2, 0) is 13.1 Å². The minimum absolute atomic E-state index is 0.0100. The first-order valence-electron chi connectivity index (χ1n) is 13.7. The number of aromatic amines is 1. The average Bonchev–Trinajstić information content (AvgIpc) is 3.39. The van der Waals surface area contributed by atoms with E-state index >= 15 is 0 Å². The zero-order valence-electron chi connectivity index (χ0n) is 22.3. The Morgan fingerprint density at radius 3 is 2.51 bits per heavy atom. The van der Waals surface area contributed by atoms with Crippen molar-refractivity contribution in [3.05, 3.63) is 87.0 Å². The Hall–Kier alpha value is -3.32. The summed E-state index contributed by atoms with van der Waals surface area (Å²) in [6, 6.07) is 17.2. The predicted octanol–water partition coefficient (Wildman–Crippen LogP) is 6.18. The summed E-state index contributed by atoms with van der Waals surface area (Å²) < 4.78 is 2.09. The molecule has 0 radical (unpaired) electrons. The molecule has 0 spiro atoms. The van der Waals surface area contributed by atoms with Crippen LogP contribution in [0.1, 0.15) is 92.0 Å².